The second kappa shape index (κ2) is 5.80. The van der Waals surface area contributed by atoms with Crippen molar-refractivity contribution in [3.8, 4) is 10.4 Å². The fourth-order valence-corrected chi connectivity index (χ4v) is 5.29. The molecule has 2 aromatic carbocycles. The first kappa shape index (κ1) is 16.0. The Kier molecular flexibility index (Phi) is 3.87. The molecule has 0 spiro atoms. The molecule has 0 amide bonds. The average molecular weight is 403 g/mol. The van der Waals surface area contributed by atoms with Gasteiger partial charge in [-0.15, -0.1) is 11.3 Å². The molecule has 1 heterocycles. The fourth-order valence-electron chi connectivity index (χ4n) is 3.64. The van der Waals surface area contributed by atoms with E-state index in [1.165, 1.54) is 28.1 Å². The van der Waals surface area contributed by atoms with Gasteiger partial charge in [0.15, 0.2) is 0 Å². The van der Waals surface area contributed by atoms with Gasteiger partial charge in [-0.2, -0.15) is 0 Å². The first-order valence-electron chi connectivity index (χ1n) is 7.77. The average Bonchev–Trinajstić information content (AvgIpc) is 3.06. The molecule has 2 atom stereocenters. The molecule has 0 aliphatic heterocycles. The summed E-state index contributed by atoms with van der Waals surface area (Å²) in [5, 5.41) is 0. The lowest BCUT2D eigenvalue weighted by atomic mass is 9.64. The van der Waals surface area contributed by atoms with Gasteiger partial charge in [0.2, 0.25) is 0 Å². The van der Waals surface area contributed by atoms with Crippen molar-refractivity contribution in [2.24, 2.45) is 0 Å². The highest BCUT2D eigenvalue weighted by Crippen LogP contribution is 2.58. The normalized spacial score (nSPS) is 22.1. The minimum Gasteiger partial charge on any atom is -0.367 e. The molecule has 1 aliphatic rings. The van der Waals surface area contributed by atoms with Crippen LogP contribution in [-0.2, 0) is 10.3 Å². The number of hydrogen-bond donors (Lipinski definition) is 0. The fraction of sp³-hybridized carbons (Fsp3) is 0.200. The SMILES string of the molecule is COC1(c2ccc(-c3ccc(F)cc3)s2)c2cc(Br)ccc2C1C. The number of halogens is 2. The topological polar surface area (TPSA) is 9.23 Å². The van der Waals surface area contributed by atoms with Gasteiger partial charge in [-0.1, -0.05) is 41.1 Å². The van der Waals surface area contributed by atoms with Crippen molar-refractivity contribution < 1.29 is 9.13 Å². The van der Waals surface area contributed by atoms with Crippen LogP contribution in [0, 0.1) is 5.82 Å². The van der Waals surface area contributed by atoms with E-state index in [2.05, 4.69) is 53.2 Å². The van der Waals surface area contributed by atoms with Crippen molar-refractivity contribution in [3.63, 3.8) is 0 Å². The zero-order valence-corrected chi connectivity index (χ0v) is 15.7. The predicted molar refractivity (Wildman–Crippen MR) is 100 cm³/mol. The number of methoxy groups -OCH3 is 1. The lowest BCUT2D eigenvalue weighted by Gasteiger charge is -2.48. The molecule has 122 valence electrons. The van der Waals surface area contributed by atoms with E-state index < -0.39 is 5.60 Å². The number of benzene rings is 2. The molecule has 3 aromatic rings. The molecule has 4 heteroatoms. The molecule has 0 fully saturated rings. The summed E-state index contributed by atoms with van der Waals surface area (Å²) in [6.45, 7) is 2.21. The Morgan fingerprint density at radius 1 is 1.08 bits per heavy atom. The molecule has 0 saturated heterocycles. The molecular formula is C20H16BrFOS. The van der Waals surface area contributed by atoms with E-state index in [1.54, 1.807) is 18.4 Å². The van der Waals surface area contributed by atoms with Gasteiger partial charge < -0.3 is 4.74 Å². The molecule has 4 rings (SSSR count). The summed E-state index contributed by atoms with van der Waals surface area (Å²) in [5.41, 5.74) is 3.18. The van der Waals surface area contributed by atoms with E-state index in [-0.39, 0.29) is 5.82 Å². The Morgan fingerprint density at radius 3 is 2.54 bits per heavy atom. The molecule has 1 aliphatic carbocycles. The third-order valence-corrected chi connectivity index (χ3v) is 6.66. The summed E-state index contributed by atoms with van der Waals surface area (Å²) in [7, 11) is 1.78. The van der Waals surface area contributed by atoms with E-state index in [9.17, 15) is 4.39 Å². The Morgan fingerprint density at radius 2 is 1.83 bits per heavy atom. The zero-order chi connectivity index (χ0) is 16.9. The second-order valence-electron chi connectivity index (χ2n) is 6.06. The molecule has 0 bridgehead atoms. The standard InChI is InChI=1S/C20H16BrFOS/c1-12-16-8-5-14(21)11-17(16)20(12,23-2)19-10-9-18(24-19)13-3-6-15(22)7-4-13/h3-12H,1-2H3. The van der Waals surface area contributed by atoms with Gasteiger partial charge in [0.05, 0.1) is 0 Å². The molecule has 1 aromatic heterocycles. The number of thiophene rings is 1. The maximum absolute atomic E-state index is 13.1. The lowest BCUT2D eigenvalue weighted by molar-refractivity contribution is -0.0183. The number of rotatable bonds is 3. The van der Waals surface area contributed by atoms with Crippen molar-refractivity contribution in [2.75, 3.05) is 7.11 Å². The molecule has 24 heavy (non-hydrogen) atoms. The Hall–Kier alpha value is -1.49. The largest absolute Gasteiger partial charge is 0.367 e. The Labute approximate surface area is 153 Å². The van der Waals surface area contributed by atoms with Gasteiger partial charge >= 0.3 is 0 Å². The Bertz CT molecular complexity index is 902. The highest BCUT2D eigenvalue weighted by atomic mass is 79.9. The maximum atomic E-state index is 13.1. The first-order valence-corrected chi connectivity index (χ1v) is 9.38. The van der Waals surface area contributed by atoms with Crippen LogP contribution >= 0.6 is 27.3 Å². The van der Waals surface area contributed by atoms with E-state index in [4.69, 9.17) is 4.74 Å². The minimum atomic E-state index is -0.401. The van der Waals surface area contributed by atoms with Gasteiger partial charge in [0.1, 0.15) is 11.4 Å². The molecule has 0 radical (unpaired) electrons. The third kappa shape index (κ3) is 2.20. The van der Waals surface area contributed by atoms with Crippen LogP contribution in [0.5, 0.6) is 0 Å². The van der Waals surface area contributed by atoms with Crippen molar-refractivity contribution in [3.05, 3.63) is 80.9 Å². The van der Waals surface area contributed by atoms with Crippen LogP contribution in [-0.4, -0.2) is 7.11 Å². The van der Waals surface area contributed by atoms with Gasteiger partial charge in [-0.05, 0) is 53.1 Å². The molecule has 1 nitrogen and oxygen atoms in total. The summed E-state index contributed by atoms with van der Waals surface area (Å²) in [5.74, 6) is 0.0839. The van der Waals surface area contributed by atoms with Crippen LogP contribution in [0.2, 0.25) is 0 Å². The summed E-state index contributed by atoms with van der Waals surface area (Å²) in [4.78, 5) is 2.31. The smallest absolute Gasteiger partial charge is 0.134 e. The van der Waals surface area contributed by atoms with E-state index in [0.29, 0.717) is 5.92 Å². The summed E-state index contributed by atoms with van der Waals surface area (Å²) >= 11 is 5.27. The summed E-state index contributed by atoms with van der Waals surface area (Å²) in [6.07, 6.45) is 0. The monoisotopic (exact) mass is 402 g/mol. The van der Waals surface area contributed by atoms with E-state index in [0.717, 1.165) is 14.9 Å². The van der Waals surface area contributed by atoms with E-state index >= 15 is 0 Å². The lowest BCUT2D eigenvalue weighted by Crippen LogP contribution is -2.44. The van der Waals surface area contributed by atoms with Gasteiger partial charge in [-0.3, -0.25) is 0 Å². The molecule has 0 N–H and O–H groups in total. The number of ether oxygens (including phenoxy) is 1. The van der Waals surface area contributed by atoms with Gasteiger partial charge in [-0.25, -0.2) is 4.39 Å². The van der Waals surface area contributed by atoms with Gasteiger partial charge in [0.25, 0.3) is 0 Å². The van der Waals surface area contributed by atoms with Crippen LogP contribution < -0.4 is 0 Å². The Balaban J connectivity index is 1.79. The van der Waals surface area contributed by atoms with Crippen molar-refractivity contribution in [1.82, 2.24) is 0 Å². The van der Waals surface area contributed by atoms with Crippen molar-refractivity contribution >= 4 is 27.3 Å². The van der Waals surface area contributed by atoms with Crippen LogP contribution in [0.1, 0.15) is 28.8 Å². The first-order chi connectivity index (χ1) is 11.6. The summed E-state index contributed by atoms with van der Waals surface area (Å²) in [6, 6.07) is 17.2. The quantitative estimate of drug-likeness (QED) is 0.497. The minimum absolute atomic E-state index is 0.213. The third-order valence-electron chi connectivity index (χ3n) is 4.91. The van der Waals surface area contributed by atoms with Crippen LogP contribution in [0.15, 0.2) is 59.1 Å². The van der Waals surface area contributed by atoms with Gasteiger partial charge in [0, 0.05) is 27.3 Å². The summed E-state index contributed by atoms with van der Waals surface area (Å²) < 4.78 is 20.3. The molecule has 2 unspecified atom stereocenters. The van der Waals surface area contributed by atoms with Crippen molar-refractivity contribution in [2.45, 2.75) is 18.4 Å². The predicted octanol–water partition coefficient (Wildman–Crippen LogP) is 6.32. The highest BCUT2D eigenvalue weighted by Gasteiger charge is 2.52. The number of fused-ring (bicyclic) bond motifs is 1. The van der Waals surface area contributed by atoms with Crippen LogP contribution in [0.25, 0.3) is 10.4 Å². The molecular weight excluding hydrogens is 387 g/mol. The van der Waals surface area contributed by atoms with E-state index in [1.807, 2.05) is 12.1 Å². The van der Waals surface area contributed by atoms with Crippen LogP contribution in [0.4, 0.5) is 4.39 Å². The maximum Gasteiger partial charge on any atom is 0.134 e. The molecule has 0 saturated carbocycles. The van der Waals surface area contributed by atoms with Crippen LogP contribution in [0.3, 0.4) is 0 Å². The number of hydrogen-bond acceptors (Lipinski definition) is 2. The van der Waals surface area contributed by atoms with Crippen molar-refractivity contribution in [1.29, 1.82) is 0 Å². The zero-order valence-electron chi connectivity index (χ0n) is 13.3. The second-order valence-corrected chi connectivity index (χ2v) is 8.06. The highest BCUT2D eigenvalue weighted by molar-refractivity contribution is 9.10.